The van der Waals surface area contributed by atoms with E-state index in [0.29, 0.717) is 24.8 Å². The van der Waals surface area contributed by atoms with Gasteiger partial charge in [-0.1, -0.05) is 19.3 Å². The van der Waals surface area contributed by atoms with Crippen molar-refractivity contribution in [1.82, 2.24) is 14.3 Å². The highest BCUT2D eigenvalue weighted by molar-refractivity contribution is 7.89. The molecular formula is C14H26N4O2S. The molecular weight excluding hydrogens is 288 g/mol. The maximum atomic E-state index is 12.5. The fraction of sp³-hybridized carbons (Fsp3) is 0.786. The number of aryl methyl sites for hydroxylation is 2. The zero-order valence-corrected chi connectivity index (χ0v) is 13.7. The smallest absolute Gasteiger partial charge is 0.259 e. The van der Waals surface area contributed by atoms with Gasteiger partial charge in [-0.05, 0) is 32.6 Å². The van der Waals surface area contributed by atoms with Gasteiger partial charge in [0, 0.05) is 25.3 Å². The first-order chi connectivity index (χ1) is 9.97. The SMILES string of the molecule is CCn1cc(S(=O)(=O)NC(CN)C2CCCCC2)nc1C. The predicted octanol–water partition coefficient (Wildman–Crippen LogP) is 1.40. The maximum absolute atomic E-state index is 12.5. The Morgan fingerprint density at radius 3 is 2.62 bits per heavy atom. The van der Waals surface area contributed by atoms with Crippen molar-refractivity contribution in [3.8, 4) is 0 Å². The molecule has 0 radical (unpaired) electrons. The van der Waals surface area contributed by atoms with Gasteiger partial charge in [0.25, 0.3) is 10.0 Å². The van der Waals surface area contributed by atoms with Crippen LogP contribution in [0.1, 0.15) is 44.9 Å². The summed E-state index contributed by atoms with van der Waals surface area (Å²) in [7, 11) is -3.59. The van der Waals surface area contributed by atoms with Crippen LogP contribution in [0.4, 0.5) is 0 Å². The quantitative estimate of drug-likeness (QED) is 0.830. The monoisotopic (exact) mass is 314 g/mol. The zero-order valence-electron chi connectivity index (χ0n) is 12.9. The Kier molecular flexibility index (Phi) is 5.40. The second kappa shape index (κ2) is 6.89. The Bertz CT molecular complexity index is 562. The summed E-state index contributed by atoms with van der Waals surface area (Å²) in [5.41, 5.74) is 5.80. The minimum atomic E-state index is -3.59. The van der Waals surface area contributed by atoms with Crippen LogP contribution in [-0.2, 0) is 16.6 Å². The minimum absolute atomic E-state index is 0.0936. The average molecular weight is 314 g/mol. The molecule has 1 aliphatic rings. The van der Waals surface area contributed by atoms with Crippen molar-refractivity contribution in [2.75, 3.05) is 6.54 Å². The van der Waals surface area contributed by atoms with Gasteiger partial charge in [0.05, 0.1) is 0 Å². The third-order valence-electron chi connectivity index (χ3n) is 4.35. The Balaban J connectivity index is 2.14. The van der Waals surface area contributed by atoms with E-state index >= 15 is 0 Å². The molecule has 0 aliphatic heterocycles. The van der Waals surface area contributed by atoms with Crippen LogP contribution in [0.3, 0.4) is 0 Å². The van der Waals surface area contributed by atoms with Gasteiger partial charge >= 0.3 is 0 Å². The summed E-state index contributed by atoms with van der Waals surface area (Å²) in [4.78, 5) is 4.16. The number of nitrogens with zero attached hydrogens (tertiary/aromatic N) is 2. The summed E-state index contributed by atoms with van der Waals surface area (Å²) in [5.74, 6) is 1.05. The highest BCUT2D eigenvalue weighted by Gasteiger charge is 2.28. The number of hydrogen-bond acceptors (Lipinski definition) is 4. The number of imidazole rings is 1. The van der Waals surface area contributed by atoms with Crippen LogP contribution in [0.2, 0.25) is 0 Å². The van der Waals surface area contributed by atoms with E-state index in [2.05, 4.69) is 9.71 Å². The molecule has 6 nitrogen and oxygen atoms in total. The minimum Gasteiger partial charge on any atom is -0.334 e. The lowest BCUT2D eigenvalue weighted by Gasteiger charge is -2.29. The van der Waals surface area contributed by atoms with Crippen LogP contribution in [0.5, 0.6) is 0 Å². The summed E-state index contributed by atoms with van der Waals surface area (Å²) in [6.07, 6.45) is 7.24. The first kappa shape index (κ1) is 16.5. The molecule has 2 rings (SSSR count). The molecule has 1 unspecified atom stereocenters. The number of nitrogens with two attached hydrogens (primary N) is 1. The van der Waals surface area contributed by atoms with Crippen molar-refractivity contribution in [2.45, 2.75) is 63.6 Å². The van der Waals surface area contributed by atoms with Crippen molar-refractivity contribution in [3.63, 3.8) is 0 Å². The molecule has 7 heteroatoms. The molecule has 0 amide bonds. The molecule has 1 aromatic rings. The molecule has 1 aromatic heterocycles. The van der Waals surface area contributed by atoms with Crippen molar-refractivity contribution < 1.29 is 8.42 Å². The highest BCUT2D eigenvalue weighted by atomic mass is 32.2. The average Bonchev–Trinajstić information content (AvgIpc) is 2.87. The third-order valence-corrected chi connectivity index (χ3v) is 5.71. The van der Waals surface area contributed by atoms with E-state index < -0.39 is 10.0 Å². The number of aromatic nitrogens is 2. The molecule has 0 saturated heterocycles. The van der Waals surface area contributed by atoms with Gasteiger partial charge in [-0.25, -0.2) is 18.1 Å². The van der Waals surface area contributed by atoms with E-state index in [0.717, 1.165) is 25.7 Å². The number of rotatable bonds is 6. The molecule has 1 fully saturated rings. The molecule has 3 N–H and O–H groups in total. The van der Waals surface area contributed by atoms with Crippen LogP contribution < -0.4 is 10.5 Å². The van der Waals surface area contributed by atoms with Crippen molar-refractivity contribution in [3.05, 3.63) is 12.0 Å². The Morgan fingerprint density at radius 2 is 2.10 bits per heavy atom. The molecule has 0 bridgehead atoms. The molecule has 120 valence electrons. The van der Waals surface area contributed by atoms with Crippen LogP contribution in [0.25, 0.3) is 0 Å². The van der Waals surface area contributed by atoms with Gasteiger partial charge in [-0.3, -0.25) is 0 Å². The first-order valence-corrected chi connectivity index (χ1v) is 9.22. The number of hydrogen-bond donors (Lipinski definition) is 2. The van der Waals surface area contributed by atoms with Crippen LogP contribution in [-0.4, -0.2) is 30.6 Å². The highest BCUT2D eigenvalue weighted by Crippen LogP contribution is 2.27. The third kappa shape index (κ3) is 3.84. The van der Waals surface area contributed by atoms with E-state index in [4.69, 9.17) is 5.73 Å². The Hall–Kier alpha value is -0.920. The lowest BCUT2D eigenvalue weighted by atomic mass is 9.84. The molecule has 21 heavy (non-hydrogen) atoms. The van der Waals surface area contributed by atoms with E-state index in [1.54, 1.807) is 6.20 Å². The van der Waals surface area contributed by atoms with E-state index in [9.17, 15) is 8.42 Å². The topological polar surface area (TPSA) is 90.0 Å². The van der Waals surface area contributed by atoms with Crippen molar-refractivity contribution >= 4 is 10.0 Å². The van der Waals surface area contributed by atoms with Gasteiger partial charge in [-0.2, -0.15) is 0 Å². The standard InChI is InChI=1S/C14H26N4O2S/c1-3-18-10-14(16-11(18)2)21(19,20)17-13(9-15)12-7-5-4-6-8-12/h10,12-13,17H,3-9,15H2,1-2H3. The summed E-state index contributed by atoms with van der Waals surface area (Å²) in [5, 5.41) is 0.0936. The summed E-state index contributed by atoms with van der Waals surface area (Å²) >= 11 is 0. The van der Waals surface area contributed by atoms with Crippen LogP contribution >= 0.6 is 0 Å². The summed E-state index contributed by atoms with van der Waals surface area (Å²) in [6.45, 7) is 4.81. The predicted molar refractivity (Wildman–Crippen MR) is 82.4 cm³/mol. The first-order valence-electron chi connectivity index (χ1n) is 7.74. The molecule has 0 spiro atoms. The summed E-state index contributed by atoms with van der Waals surface area (Å²) in [6, 6.07) is -0.192. The molecule has 1 saturated carbocycles. The molecule has 1 heterocycles. The number of sulfonamides is 1. The zero-order chi connectivity index (χ0) is 15.5. The molecule has 1 atom stereocenters. The second-order valence-electron chi connectivity index (χ2n) is 5.77. The maximum Gasteiger partial charge on any atom is 0.259 e. The van der Waals surface area contributed by atoms with Crippen molar-refractivity contribution in [1.29, 1.82) is 0 Å². The second-order valence-corrected chi connectivity index (χ2v) is 7.43. The van der Waals surface area contributed by atoms with Crippen LogP contribution in [0.15, 0.2) is 11.2 Å². The fourth-order valence-corrected chi connectivity index (χ4v) is 4.39. The van der Waals surface area contributed by atoms with Crippen molar-refractivity contribution in [2.24, 2.45) is 11.7 Å². The molecule has 0 aromatic carbocycles. The fourth-order valence-electron chi connectivity index (χ4n) is 3.06. The Labute approximate surface area is 127 Å². The van der Waals surface area contributed by atoms with Gasteiger partial charge in [0.1, 0.15) is 5.82 Å². The molecule has 1 aliphatic carbocycles. The van der Waals surface area contributed by atoms with Gasteiger partial charge in [-0.15, -0.1) is 0 Å². The van der Waals surface area contributed by atoms with Gasteiger partial charge < -0.3 is 10.3 Å². The van der Waals surface area contributed by atoms with E-state index in [1.807, 2.05) is 18.4 Å². The van der Waals surface area contributed by atoms with E-state index in [-0.39, 0.29) is 11.1 Å². The summed E-state index contributed by atoms with van der Waals surface area (Å²) < 4.78 is 29.6. The van der Waals surface area contributed by atoms with Gasteiger partial charge in [0.15, 0.2) is 5.03 Å². The lowest BCUT2D eigenvalue weighted by molar-refractivity contribution is 0.294. The normalized spacial score (nSPS) is 18.8. The van der Waals surface area contributed by atoms with Gasteiger partial charge in [0.2, 0.25) is 0 Å². The lowest BCUT2D eigenvalue weighted by Crippen LogP contribution is -2.45. The Morgan fingerprint density at radius 1 is 1.43 bits per heavy atom. The van der Waals surface area contributed by atoms with E-state index in [1.165, 1.54) is 6.42 Å². The number of nitrogens with one attached hydrogen (secondary N) is 1. The largest absolute Gasteiger partial charge is 0.334 e. The van der Waals surface area contributed by atoms with Crippen LogP contribution in [0, 0.1) is 12.8 Å².